The number of aromatic nitrogens is 2. The molecule has 2 saturated heterocycles. The number of hydrogen-bond acceptors (Lipinski definition) is 7. The fourth-order valence-corrected chi connectivity index (χ4v) is 5.47. The van der Waals surface area contributed by atoms with Crippen LogP contribution in [0.5, 0.6) is 17.2 Å². The van der Waals surface area contributed by atoms with Crippen molar-refractivity contribution in [2.75, 3.05) is 46.6 Å². The lowest BCUT2D eigenvalue weighted by Gasteiger charge is -2.31. The number of hydrogen-bond donors (Lipinski definition) is 1. The molecule has 1 atom stereocenters. The Labute approximate surface area is 235 Å². The van der Waals surface area contributed by atoms with Gasteiger partial charge >= 0.3 is 5.69 Å². The topological polar surface area (TPSA) is 104 Å². The van der Waals surface area contributed by atoms with Gasteiger partial charge in [-0.1, -0.05) is 6.07 Å². The summed E-state index contributed by atoms with van der Waals surface area (Å²) in [5.74, 6) is 1.20. The van der Waals surface area contributed by atoms with Crippen LogP contribution >= 0.6 is 0 Å². The summed E-state index contributed by atoms with van der Waals surface area (Å²) in [5, 5.41) is 3.44. The third kappa shape index (κ3) is 6.07. The van der Waals surface area contributed by atoms with Crippen LogP contribution in [0.4, 0.5) is 8.78 Å². The average molecular weight is 573 g/mol. The highest BCUT2D eigenvalue weighted by Crippen LogP contribution is 2.30. The van der Waals surface area contributed by atoms with E-state index in [1.807, 2.05) is 0 Å². The lowest BCUT2D eigenvalue weighted by molar-refractivity contribution is -0.119. The molecule has 5 rings (SSSR count). The molecule has 0 spiro atoms. The summed E-state index contributed by atoms with van der Waals surface area (Å²) in [4.78, 5) is 40.6. The van der Waals surface area contributed by atoms with Crippen LogP contribution in [0, 0.1) is 0 Å². The van der Waals surface area contributed by atoms with Crippen molar-refractivity contribution in [3.05, 3.63) is 62.8 Å². The van der Waals surface area contributed by atoms with E-state index in [2.05, 4.69) is 5.32 Å². The fraction of sp³-hybridized carbons (Fsp3) is 0.483. The summed E-state index contributed by atoms with van der Waals surface area (Å²) in [6, 6.07) is 9.55. The number of alkyl halides is 2. The van der Waals surface area contributed by atoms with Crippen molar-refractivity contribution in [1.29, 1.82) is 0 Å². The van der Waals surface area contributed by atoms with Crippen LogP contribution in [0.15, 0.2) is 46.0 Å². The van der Waals surface area contributed by atoms with E-state index in [4.69, 9.17) is 14.2 Å². The summed E-state index contributed by atoms with van der Waals surface area (Å²) in [6.07, 6.45) is 1.48. The summed E-state index contributed by atoms with van der Waals surface area (Å²) >= 11 is 0. The Morgan fingerprint density at radius 2 is 1.83 bits per heavy atom. The largest absolute Gasteiger partial charge is 0.493 e. The van der Waals surface area contributed by atoms with Gasteiger partial charge in [0.1, 0.15) is 25.2 Å². The molecular formula is C29H34F2N4O6. The SMILES string of the molecule is COc1cc(Cn2c(=O)c3cc(OC(CF)CF)ccc3n(C3CCN(C=O)CC3)c2=O)ccc1OC1CCNC1. The number of carbonyl (C=O) groups is 1. The molecule has 220 valence electrons. The van der Waals surface area contributed by atoms with Crippen molar-refractivity contribution in [3.63, 3.8) is 0 Å². The molecule has 2 fully saturated rings. The van der Waals surface area contributed by atoms with Gasteiger partial charge in [0.05, 0.1) is 24.6 Å². The van der Waals surface area contributed by atoms with Crippen LogP contribution in [-0.2, 0) is 11.3 Å². The summed E-state index contributed by atoms with van der Waals surface area (Å²) in [6.45, 7) is 0.500. The van der Waals surface area contributed by atoms with Crippen LogP contribution in [0.1, 0.15) is 30.9 Å². The van der Waals surface area contributed by atoms with Crippen molar-refractivity contribution in [1.82, 2.24) is 19.4 Å². The maximum Gasteiger partial charge on any atom is 0.332 e. The Bertz CT molecular complexity index is 1490. The first-order valence-electron chi connectivity index (χ1n) is 13.8. The van der Waals surface area contributed by atoms with Crippen LogP contribution < -0.4 is 30.8 Å². The zero-order valence-electron chi connectivity index (χ0n) is 22.9. The lowest BCUT2D eigenvalue weighted by atomic mass is 10.0. The van der Waals surface area contributed by atoms with E-state index in [0.717, 1.165) is 30.5 Å². The molecule has 12 heteroatoms. The first-order chi connectivity index (χ1) is 19.9. The van der Waals surface area contributed by atoms with Gasteiger partial charge in [-0.2, -0.15) is 0 Å². The van der Waals surface area contributed by atoms with E-state index < -0.39 is 30.7 Å². The molecule has 0 aliphatic carbocycles. The molecular weight excluding hydrogens is 538 g/mol. The quantitative estimate of drug-likeness (QED) is 0.352. The maximum absolute atomic E-state index is 13.9. The van der Waals surface area contributed by atoms with Gasteiger partial charge in [-0.15, -0.1) is 0 Å². The molecule has 3 heterocycles. The summed E-state index contributed by atoms with van der Waals surface area (Å²) in [5.41, 5.74) is 0.0199. The van der Waals surface area contributed by atoms with Crippen molar-refractivity contribution in [2.24, 2.45) is 0 Å². The van der Waals surface area contributed by atoms with E-state index in [1.165, 1.54) is 19.2 Å². The molecule has 1 N–H and O–H groups in total. The number of carbonyl (C=O) groups excluding carboxylic acids is 1. The van der Waals surface area contributed by atoms with Gasteiger partial charge in [-0.25, -0.2) is 13.6 Å². The second-order valence-electron chi connectivity index (χ2n) is 10.4. The number of nitrogens with one attached hydrogen (secondary N) is 1. The Balaban J connectivity index is 1.56. The molecule has 2 aromatic carbocycles. The monoisotopic (exact) mass is 572 g/mol. The Morgan fingerprint density at radius 1 is 1.05 bits per heavy atom. The highest BCUT2D eigenvalue weighted by molar-refractivity contribution is 5.80. The third-order valence-corrected chi connectivity index (χ3v) is 7.68. The molecule has 3 aromatic rings. The molecule has 1 amide bonds. The number of ether oxygens (including phenoxy) is 3. The molecule has 10 nitrogen and oxygen atoms in total. The Hall–Kier alpha value is -3.93. The zero-order chi connectivity index (χ0) is 28.9. The van der Waals surface area contributed by atoms with Gasteiger partial charge in [0.15, 0.2) is 17.6 Å². The van der Waals surface area contributed by atoms with Crippen molar-refractivity contribution in [3.8, 4) is 17.2 Å². The predicted octanol–water partition coefficient (Wildman–Crippen LogP) is 2.44. The molecule has 1 unspecified atom stereocenters. The number of rotatable bonds is 11. The number of benzene rings is 2. The molecule has 0 saturated carbocycles. The zero-order valence-corrected chi connectivity index (χ0v) is 22.9. The average Bonchev–Trinajstić information content (AvgIpc) is 3.52. The Morgan fingerprint density at radius 3 is 2.49 bits per heavy atom. The molecule has 2 aliphatic heterocycles. The van der Waals surface area contributed by atoms with E-state index >= 15 is 0 Å². The first-order valence-corrected chi connectivity index (χ1v) is 13.8. The van der Waals surface area contributed by atoms with Gasteiger partial charge < -0.3 is 24.4 Å². The molecule has 41 heavy (non-hydrogen) atoms. The molecule has 1 aromatic heterocycles. The number of amides is 1. The van der Waals surface area contributed by atoms with Gasteiger partial charge in [0, 0.05) is 25.7 Å². The first kappa shape index (κ1) is 28.6. The minimum absolute atomic E-state index is 0.0292. The van der Waals surface area contributed by atoms with Crippen LogP contribution in [0.25, 0.3) is 10.9 Å². The highest BCUT2D eigenvalue weighted by atomic mass is 19.1. The molecule has 0 bridgehead atoms. The molecule has 2 aliphatic rings. The van der Waals surface area contributed by atoms with E-state index in [1.54, 1.807) is 33.7 Å². The number of nitrogens with zero attached hydrogens (tertiary/aromatic N) is 3. The standard InChI is InChI=1S/C29H34F2N4O6/c1-39-27-12-19(2-5-26(27)41-22-6-9-32-16-22)17-34-28(37)24-13-21(40-23(14-30)15-31)3-4-25(24)35(29(34)38)20-7-10-33(18-36)11-8-20/h2-5,12-13,18,20,22-23,32H,6-11,14-17H2,1H3. The maximum atomic E-state index is 13.9. The summed E-state index contributed by atoms with van der Waals surface area (Å²) < 4.78 is 46.0. The number of piperidine rings is 1. The predicted molar refractivity (Wildman–Crippen MR) is 149 cm³/mol. The fourth-order valence-electron chi connectivity index (χ4n) is 5.47. The van der Waals surface area contributed by atoms with Gasteiger partial charge in [-0.3, -0.25) is 18.7 Å². The van der Waals surface area contributed by atoms with E-state index in [-0.39, 0.29) is 29.8 Å². The second kappa shape index (κ2) is 12.7. The van der Waals surface area contributed by atoms with Crippen LogP contribution in [-0.4, -0.2) is 79.3 Å². The number of likely N-dealkylation sites (tertiary alicyclic amines) is 1. The normalized spacial score (nSPS) is 17.8. The van der Waals surface area contributed by atoms with E-state index in [0.29, 0.717) is 48.5 Å². The van der Waals surface area contributed by atoms with Crippen LogP contribution in [0.3, 0.4) is 0 Å². The minimum Gasteiger partial charge on any atom is -0.493 e. The minimum atomic E-state index is -1.29. The van der Waals surface area contributed by atoms with Gasteiger partial charge in [-0.05, 0) is 61.7 Å². The molecule has 0 radical (unpaired) electrons. The van der Waals surface area contributed by atoms with Crippen molar-refractivity contribution >= 4 is 17.3 Å². The smallest absolute Gasteiger partial charge is 0.332 e. The Kier molecular flexibility index (Phi) is 8.87. The highest BCUT2D eigenvalue weighted by Gasteiger charge is 2.25. The van der Waals surface area contributed by atoms with E-state index in [9.17, 15) is 23.2 Å². The van der Waals surface area contributed by atoms with Gasteiger partial charge in [0.2, 0.25) is 6.41 Å². The lowest BCUT2D eigenvalue weighted by Crippen LogP contribution is -2.44. The van der Waals surface area contributed by atoms with Crippen LogP contribution in [0.2, 0.25) is 0 Å². The third-order valence-electron chi connectivity index (χ3n) is 7.68. The number of fused-ring (bicyclic) bond motifs is 1. The van der Waals surface area contributed by atoms with Crippen molar-refractivity contribution < 1.29 is 27.8 Å². The summed E-state index contributed by atoms with van der Waals surface area (Å²) in [7, 11) is 1.53. The van der Waals surface area contributed by atoms with Gasteiger partial charge in [0.25, 0.3) is 5.56 Å². The number of halogens is 2. The number of methoxy groups -OCH3 is 1. The van der Waals surface area contributed by atoms with Crippen molar-refractivity contribution in [2.45, 2.75) is 44.1 Å². The second-order valence-corrected chi connectivity index (χ2v) is 10.4.